The van der Waals surface area contributed by atoms with Crippen molar-refractivity contribution in [3.05, 3.63) is 90.0 Å². The summed E-state index contributed by atoms with van der Waals surface area (Å²) < 4.78 is 10.6. The number of nitrogens with zero attached hydrogens (tertiary/aromatic N) is 3. The minimum Gasteiger partial charge on any atom is -0.497 e. The lowest BCUT2D eigenvalue weighted by Crippen LogP contribution is -2.57. The molecule has 216 valence electrons. The fraction of sp³-hybridized carbons (Fsp3) is 0.333. The largest absolute Gasteiger partial charge is 0.497 e. The normalized spacial score (nSPS) is 25.3. The third kappa shape index (κ3) is 3.83. The number of likely N-dealkylation sites (tertiary alicyclic amines) is 1. The van der Waals surface area contributed by atoms with Crippen molar-refractivity contribution in [3.63, 3.8) is 0 Å². The first-order valence-electron chi connectivity index (χ1n) is 13.9. The van der Waals surface area contributed by atoms with Crippen molar-refractivity contribution in [3.8, 4) is 11.5 Å². The molecule has 0 aromatic heterocycles. The molecule has 0 N–H and O–H groups in total. The molecule has 42 heavy (non-hydrogen) atoms. The highest BCUT2D eigenvalue weighted by atomic mass is 16.5. The highest BCUT2D eigenvalue weighted by Gasteiger charge is 2.77. The lowest BCUT2D eigenvalue weighted by molar-refractivity contribution is -0.149. The number of anilines is 1. The Morgan fingerprint density at radius 3 is 1.88 bits per heavy atom. The van der Waals surface area contributed by atoms with E-state index in [1.807, 2.05) is 30.3 Å². The second kappa shape index (κ2) is 9.72. The monoisotopic (exact) mass is 567 g/mol. The molecule has 6 rings (SSSR count). The van der Waals surface area contributed by atoms with E-state index in [0.29, 0.717) is 22.7 Å². The van der Waals surface area contributed by atoms with E-state index >= 15 is 0 Å². The minimum atomic E-state index is -1.62. The van der Waals surface area contributed by atoms with Gasteiger partial charge < -0.3 is 14.4 Å². The molecule has 0 spiro atoms. The summed E-state index contributed by atoms with van der Waals surface area (Å²) in [5.41, 5.74) is -0.648. The molecule has 5 amide bonds. The molecule has 4 atom stereocenters. The molecule has 3 aromatic carbocycles. The average Bonchev–Trinajstić information content (AvgIpc) is 3.51. The van der Waals surface area contributed by atoms with E-state index in [4.69, 9.17) is 9.47 Å². The highest BCUT2D eigenvalue weighted by Crippen LogP contribution is 2.60. The number of fused-ring (bicyclic) bond motifs is 3. The van der Waals surface area contributed by atoms with Gasteiger partial charge in [-0.1, -0.05) is 42.5 Å². The van der Waals surface area contributed by atoms with E-state index in [0.717, 1.165) is 10.5 Å². The molecule has 0 bridgehead atoms. The van der Waals surface area contributed by atoms with Crippen LogP contribution in [0, 0.1) is 11.8 Å². The summed E-state index contributed by atoms with van der Waals surface area (Å²) in [6.45, 7) is 5.41. The number of methoxy groups -OCH3 is 2. The van der Waals surface area contributed by atoms with E-state index in [-0.39, 0.29) is 12.3 Å². The zero-order valence-corrected chi connectivity index (χ0v) is 24.2. The minimum absolute atomic E-state index is 0.0793. The van der Waals surface area contributed by atoms with E-state index in [1.165, 1.54) is 16.9 Å². The molecule has 0 aliphatic carbocycles. The van der Waals surface area contributed by atoms with Crippen molar-refractivity contribution < 1.29 is 28.7 Å². The molecule has 9 nitrogen and oxygen atoms in total. The molecule has 9 heteroatoms. The summed E-state index contributed by atoms with van der Waals surface area (Å²) in [5, 5.41) is 0. The van der Waals surface area contributed by atoms with Crippen LogP contribution in [0.3, 0.4) is 0 Å². The lowest BCUT2D eigenvalue weighted by atomic mass is 9.75. The number of imide groups is 2. The molecule has 3 unspecified atom stereocenters. The summed E-state index contributed by atoms with van der Waals surface area (Å²) >= 11 is 0. The smallest absolute Gasteiger partial charge is 0.332 e. The molecule has 3 aromatic rings. The van der Waals surface area contributed by atoms with Gasteiger partial charge in [0.15, 0.2) is 0 Å². The maximum Gasteiger partial charge on any atom is 0.332 e. The predicted octanol–water partition coefficient (Wildman–Crippen LogP) is 4.61. The molecule has 3 heterocycles. The Morgan fingerprint density at radius 2 is 1.33 bits per heavy atom. The van der Waals surface area contributed by atoms with Gasteiger partial charge in [-0.3, -0.25) is 19.3 Å². The fourth-order valence-electron chi connectivity index (χ4n) is 6.94. The van der Waals surface area contributed by atoms with Crippen LogP contribution in [-0.2, 0) is 20.8 Å². The van der Waals surface area contributed by atoms with E-state index < -0.39 is 46.8 Å². The van der Waals surface area contributed by atoms with Crippen LogP contribution >= 0.6 is 0 Å². The van der Waals surface area contributed by atoms with Crippen LogP contribution in [-0.4, -0.2) is 58.8 Å². The third-order valence-electron chi connectivity index (χ3n) is 8.66. The van der Waals surface area contributed by atoms with Crippen LogP contribution in [0.4, 0.5) is 10.5 Å². The molecule has 3 saturated heterocycles. The molecule has 0 radical (unpaired) electrons. The van der Waals surface area contributed by atoms with Crippen LogP contribution in [0.2, 0.25) is 0 Å². The Labute approximate surface area is 244 Å². The maximum absolute atomic E-state index is 14.8. The van der Waals surface area contributed by atoms with Crippen molar-refractivity contribution in [1.82, 2.24) is 9.80 Å². The van der Waals surface area contributed by atoms with Gasteiger partial charge in [-0.05, 0) is 68.3 Å². The van der Waals surface area contributed by atoms with Crippen molar-refractivity contribution in [2.45, 2.75) is 44.3 Å². The topological polar surface area (TPSA) is 96.5 Å². The van der Waals surface area contributed by atoms with Crippen LogP contribution in [0.25, 0.3) is 0 Å². The van der Waals surface area contributed by atoms with Gasteiger partial charge in [0.2, 0.25) is 11.8 Å². The van der Waals surface area contributed by atoms with Crippen molar-refractivity contribution >= 4 is 29.4 Å². The van der Waals surface area contributed by atoms with Crippen molar-refractivity contribution in [2.75, 3.05) is 19.1 Å². The zero-order valence-electron chi connectivity index (χ0n) is 24.2. The first-order valence-corrected chi connectivity index (χ1v) is 13.9. The number of urea groups is 1. The Bertz CT molecular complexity index is 1560. The number of ether oxygens (including phenoxy) is 2. The van der Waals surface area contributed by atoms with Crippen LogP contribution < -0.4 is 14.4 Å². The first kappa shape index (κ1) is 27.5. The van der Waals surface area contributed by atoms with Crippen molar-refractivity contribution in [1.29, 1.82) is 0 Å². The number of rotatable bonds is 6. The maximum atomic E-state index is 14.8. The number of hydrogen-bond acceptors (Lipinski definition) is 6. The number of benzene rings is 3. The number of carbonyl (C=O) groups is 4. The van der Waals surface area contributed by atoms with Gasteiger partial charge in [0.05, 0.1) is 37.8 Å². The van der Waals surface area contributed by atoms with Crippen LogP contribution in [0.15, 0.2) is 78.9 Å². The zero-order chi connectivity index (χ0) is 30.0. The summed E-state index contributed by atoms with van der Waals surface area (Å²) in [4.78, 5) is 61.9. The Balaban J connectivity index is 1.60. The SMILES string of the molecule is COc1ccc(C2C3C(=O)N(C(C)(C)C)C(=O)C3[C@]3(Cc4ccccc4)C(=O)N(c4ccc(OC)cc4)C(=O)N23)cc1. The van der Waals surface area contributed by atoms with E-state index in [2.05, 4.69) is 0 Å². The lowest BCUT2D eigenvalue weighted by Gasteiger charge is -2.38. The van der Waals surface area contributed by atoms with Gasteiger partial charge in [-0.25, -0.2) is 9.69 Å². The Kier molecular flexibility index (Phi) is 6.36. The second-order valence-corrected chi connectivity index (χ2v) is 12.0. The first-order chi connectivity index (χ1) is 20.0. The Morgan fingerprint density at radius 1 is 0.762 bits per heavy atom. The summed E-state index contributed by atoms with van der Waals surface area (Å²) in [5.74, 6) is -2.16. The molecule has 0 saturated carbocycles. The highest BCUT2D eigenvalue weighted by molar-refractivity contribution is 6.27. The van der Waals surface area contributed by atoms with Gasteiger partial charge in [0.1, 0.15) is 17.0 Å². The molecular formula is C33H33N3O6. The van der Waals surface area contributed by atoms with E-state index in [1.54, 1.807) is 76.4 Å². The van der Waals surface area contributed by atoms with Gasteiger partial charge in [-0.2, -0.15) is 0 Å². The van der Waals surface area contributed by atoms with Gasteiger partial charge in [-0.15, -0.1) is 0 Å². The number of amides is 5. The van der Waals surface area contributed by atoms with Crippen molar-refractivity contribution in [2.24, 2.45) is 11.8 Å². The average molecular weight is 568 g/mol. The Hall–Kier alpha value is -4.66. The quantitative estimate of drug-likeness (QED) is 0.319. The summed E-state index contributed by atoms with van der Waals surface area (Å²) in [6, 6.07) is 21.7. The predicted molar refractivity (Wildman–Crippen MR) is 155 cm³/mol. The summed E-state index contributed by atoms with van der Waals surface area (Å²) in [7, 11) is 3.09. The molecule has 3 aliphatic heterocycles. The second-order valence-electron chi connectivity index (χ2n) is 12.0. The van der Waals surface area contributed by atoms with Gasteiger partial charge in [0.25, 0.3) is 5.91 Å². The molecular weight excluding hydrogens is 534 g/mol. The number of hydrogen-bond donors (Lipinski definition) is 0. The van der Waals surface area contributed by atoms with E-state index in [9.17, 15) is 19.2 Å². The van der Waals surface area contributed by atoms with Gasteiger partial charge in [0, 0.05) is 12.0 Å². The van der Waals surface area contributed by atoms with Crippen LogP contribution in [0.1, 0.15) is 37.9 Å². The van der Waals surface area contributed by atoms with Gasteiger partial charge >= 0.3 is 6.03 Å². The summed E-state index contributed by atoms with van der Waals surface area (Å²) in [6.07, 6.45) is 0.0793. The number of carbonyl (C=O) groups excluding carboxylic acids is 4. The molecule has 3 fully saturated rings. The van der Waals surface area contributed by atoms with Crippen LogP contribution in [0.5, 0.6) is 11.5 Å². The molecule has 3 aliphatic rings. The third-order valence-corrected chi connectivity index (χ3v) is 8.66. The fourth-order valence-corrected chi connectivity index (χ4v) is 6.94. The standard InChI is InChI=1S/C33H33N3O6/c1-32(2,3)36-28(37)25-26(29(36)38)33(19-20-9-7-6-8-10-20)30(39)34(22-13-17-24(42-5)18-14-22)31(40)35(33)27(25)21-11-15-23(41-4)16-12-21/h6-18,25-27H,19H2,1-5H3/t25?,26?,27?,33-/m1/s1.